The molecule has 23 heavy (non-hydrogen) atoms. The molecule has 120 valence electrons. The van der Waals surface area contributed by atoms with Gasteiger partial charge in [-0.05, 0) is 63.4 Å². The van der Waals surface area contributed by atoms with Gasteiger partial charge < -0.3 is 10.3 Å². The van der Waals surface area contributed by atoms with Crippen LogP contribution in [0.2, 0.25) is 0 Å². The topological polar surface area (TPSA) is 57.8 Å². The summed E-state index contributed by atoms with van der Waals surface area (Å²) in [6, 6.07) is 6.26. The third kappa shape index (κ3) is 3.01. The highest BCUT2D eigenvalue weighted by molar-refractivity contribution is 7.18. The van der Waals surface area contributed by atoms with Crippen LogP contribution in [-0.4, -0.2) is 9.97 Å². The Morgan fingerprint density at radius 2 is 1.78 bits per heavy atom. The van der Waals surface area contributed by atoms with Gasteiger partial charge in [0.25, 0.3) is 5.56 Å². The van der Waals surface area contributed by atoms with Crippen molar-refractivity contribution in [3.8, 4) is 0 Å². The molecule has 4 nitrogen and oxygen atoms in total. The van der Waals surface area contributed by atoms with Gasteiger partial charge in [-0.15, -0.1) is 11.3 Å². The number of nitrogens with zero attached hydrogens (tertiary/aromatic N) is 1. The van der Waals surface area contributed by atoms with Crippen LogP contribution in [0.5, 0.6) is 0 Å². The van der Waals surface area contributed by atoms with E-state index in [0.29, 0.717) is 5.82 Å². The van der Waals surface area contributed by atoms with Gasteiger partial charge in [0, 0.05) is 10.6 Å². The molecule has 1 unspecified atom stereocenters. The van der Waals surface area contributed by atoms with Gasteiger partial charge >= 0.3 is 0 Å². The summed E-state index contributed by atoms with van der Waals surface area (Å²) in [6.45, 7) is 10.2. The van der Waals surface area contributed by atoms with E-state index in [-0.39, 0.29) is 11.6 Å². The van der Waals surface area contributed by atoms with Crippen LogP contribution in [-0.2, 0) is 0 Å². The van der Waals surface area contributed by atoms with E-state index in [1.807, 2.05) is 20.8 Å². The normalized spacial score (nSPS) is 12.6. The van der Waals surface area contributed by atoms with Gasteiger partial charge in [0.2, 0.25) is 0 Å². The van der Waals surface area contributed by atoms with Crippen molar-refractivity contribution in [1.82, 2.24) is 9.97 Å². The Bertz CT molecular complexity index is 919. The van der Waals surface area contributed by atoms with Gasteiger partial charge in [0.1, 0.15) is 10.7 Å². The molecule has 0 spiro atoms. The van der Waals surface area contributed by atoms with E-state index < -0.39 is 0 Å². The van der Waals surface area contributed by atoms with Crippen LogP contribution in [0, 0.1) is 27.7 Å². The van der Waals surface area contributed by atoms with Crippen LogP contribution in [0.4, 0.5) is 5.69 Å². The Balaban J connectivity index is 1.97. The third-order valence-electron chi connectivity index (χ3n) is 4.07. The van der Waals surface area contributed by atoms with Gasteiger partial charge in [-0.25, -0.2) is 4.98 Å². The standard InChI is InChI=1S/C18H21N3OS/c1-9-6-10(2)8-14(7-9)19-12(4)16-20-17(22)15-11(3)13(5)23-18(15)21-16/h6-8,12,19H,1-5H3,(H,20,21,22). The molecule has 0 amide bonds. The van der Waals surface area contributed by atoms with Crippen LogP contribution in [0.1, 0.15) is 40.4 Å². The number of aryl methyl sites for hydroxylation is 4. The lowest BCUT2D eigenvalue weighted by Crippen LogP contribution is -2.17. The van der Waals surface area contributed by atoms with E-state index in [2.05, 4.69) is 47.3 Å². The molecule has 0 radical (unpaired) electrons. The first-order valence-corrected chi connectivity index (χ1v) is 8.51. The summed E-state index contributed by atoms with van der Waals surface area (Å²) < 4.78 is 0. The minimum Gasteiger partial charge on any atom is -0.375 e. The number of thiophene rings is 1. The SMILES string of the molecule is Cc1cc(C)cc(NC(C)c2nc3sc(C)c(C)c3c(=O)[nH]2)c1. The average Bonchev–Trinajstić information content (AvgIpc) is 2.73. The van der Waals surface area contributed by atoms with Crippen LogP contribution < -0.4 is 10.9 Å². The van der Waals surface area contributed by atoms with Gasteiger partial charge in [-0.1, -0.05) is 6.07 Å². The molecule has 1 atom stereocenters. The number of rotatable bonds is 3. The molecule has 2 N–H and O–H groups in total. The van der Waals surface area contributed by atoms with Crippen molar-refractivity contribution in [2.75, 3.05) is 5.32 Å². The van der Waals surface area contributed by atoms with Crippen LogP contribution in [0.15, 0.2) is 23.0 Å². The van der Waals surface area contributed by atoms with Gasteiger partial charge in [-0.3, -0.25) is 4.79 Å². The molecule has 0 saturated heterocycles. The van der Waals surface area contributed by atoms with Crippen molar-refractivity contribution in [3.05, 3.63) is 55.9 Å². The first kappa shape index (κ1) is 15.7. The largest absolute Gasteiger partial charge is 0.375 e. The second-order valence-electron chi connectivity index (χ2n) is 6.16. The molecule has 0 aliphatic rings. The molecule has 3 aromatic rings. The number of fused-ring (bicyclic) bond motifs is 1. The Kier molecular flexibility index (Phi) is 3.98. The quantitative estimate of drug-likeness (QED) is 0.750. The lowest BCUT2D eigenvalue weighted by atomic mass is 10.1. The highest BCUT2D eigenvalue weighted by Gasteiger charge is 2.15. The first-order valence-electron chi connectivity index (χ1n) is 7.70. The number of benzene rings is 1. The maximum atomic E-state index is 12.4. The minimum atomic E-state index is -0.0731. The molecule has 2 aromatic heterocycles. The highest BCUT2D eigenvalue weighted by Crippen LogP contribution is 2.27. The zero-order chi connectivity index (χ0) is 16.7. The van der Waals surface area contributed by atoms with Crippen molar-refractivity contribution >= 4 is 27.2 Å². The summed E-state index contributed by atoms with van der Waals surface area (Å²) >= 11 is 1.58. The summed E-state index contributed by atoms with van der Waals surface area (Å²) in [5.41, 5.74) is 4.43. The molecule has 0 bridgehead atoms. The van der Waals surface area contributed by atoms with Crippen LogP contribution in [0.25, 0.3) is 10.2 Å². The number of hydrogen-bond acceptors (Lipinski definition) is 4. The number of aromatic nitrogens is 2. The van der Waals surface area contributed by atoms with Crippen molar-refractivity contribution in [3.63, 3.8) is 0 Å². The lowest BCUT2D eigenvalue weighted by molar-refractivity contribution is 0.792. The number of nitrogens with one attached hydrogen (secondary N) is 2. The Labute approximate surface area is 139 Å². The average molecular weight is 327 g/mol. The molecule has 1 aromatic carbocycles. The zero-order valence-electron chi connectivity index (χ0n) is 14.1. The van der Waals surface area contributed by atoms with E-state index in [0.717, 1.165) is 26.3 Å². The predicted octanol–water partition coefficient (Wildman–Crippen LogP) is 4.39. The summed E-state index contributed by atoms with van der Waals surface area (Å²) in [5.74, 6) is 0.669. The molecule has 2 heterocycles. The summed E-state index contributed by atoms with van der Waals surface area (Å²) in [7, 11) is 0. The fraction of sp³-hybridized carbons (Fsp3) is 0.333. The molecule has 5 heteroatoms. The smallest absolute Gasteiger partial charge is 0.259 e. The second-order valence-corrected chi connectivity index (χ2v) is 7.36. The van der Waals surface area contributed by atoms with Crippen molar-refractivity contribution in [1.29, 1.82) is 0 Å². The predicted molar refractivity (Wildman–Crippen MR) is 97.7 cm³/mol. The molecule has 0 saturated carbocycles. The number of hydrogen-bond donors (Lipinski definition) is 2. The third-order valence-corrected chi connectivity index (χ3v) is 5.17. The van der Waals surface area contributed by atoms with Crippen molar-refractivity contribution in [2.24, 2.45) is 0 Å². The van der Waals surface area contributed by atoms with Crippen LogP contribution >= 0.6 is 11.3 Å². The monoisotopic (exact) mass is 327 g/mol. The Morgan fingerprint density at radius 3 is 2.43 bits per heavy atom. The fourth-order valence-corrected chi connectivity index (χ4v) is 3.89. The summed E-state index contributed by atoms with van der Waals surface area (Å²) in [5, 5.41) is 4.14. The summed E-state index contributed by atoms with van der Waals surface area (Å²) in [4.78, 5) is 21.9. The van der Waals surface area contributed by atoms with Crippen LogP contribution in [0.3, 0.4) is 0 Å². The minimum absolute atomic E-state index is 0.0547. The van der Waals surface area contributed by atoms with Crippen molar-refractivity contribution in [2.45, 2.75) is 40.7 Å². The van der Waals surface area contributed by atoms with Gasteiger partial charge in [0.05, 0.1) is 11.4 Å². The lowest BCUT2D eigenvalue weighted by Gasteiger charge is -2.15. The molecular weight excluding hydrogens is 306 g/mol. The van der Waals surface area contributed by atoms with E-state index in [4.69, 9.17) is 0 Å². The van der Waals surface area contributed by atoms with E-state index in [1.54, 1.807) is 11.3 Å². The fourth-order valence-electron chi connectivity index (χ4n) is 2.85. The van der Waals surface area contributed by atoms with Crippen molar-refractivity contribution < 1.29 is 0 Å². The highest BCUT2D eigenvalue weighted by atomic mass is 32.1. The number of aromatic amines is 1. The zero-order valence-corrected chi connectivity index (χ0v) is 14.9. The van der Waals surface area contributed by atoms with Gasteiger partial charge in [-0.2, -0.15) is 0 Å². The number of anilines is 1. The first-order chi connectivity index (χ1) is 10.8. The summed E-state index contributed by atoms with van der Waals surface area (Å²) in [6.07, 6.45) is 0. The van der Waals surface area contributed by atoms with Gasteiger partial charge in [0.15, 0.2) is 0 Å². The Morgan fingerprint density at radius 1 is 1.13 bits per heavy atom. The van der Waals surface area contributed by atoms with E-state index in [9.17, 15) is 4.79 Å². The maximum Gasteiger partial charge on any atom is 0.259 e. The Hall–Kier alpha value is -2.14. The molecule has 3 rings (SSSR count). The second kappa shape index (κ2) is 5.81. The maximum absolute atomic E-state index is 12.4. The molecular formula is C18H21N3OS. The molecule has 0 aliphatic heterocycles. The molecule has 0 aliphatic carbocycles. The molecule has 0 fully saturated rings. The number of H-pyrrole nitrogens is 1. The van der Waals surface area contributed by atoms with E-state index >= 15 is 0 Å². The van der Waals surface area contributed by atoms with E-state index in [1.165, 1.54) is 11.1 Å².